The number of thiophene rings is 2. The molecule has 0 radical (unpaired) electrons. The Morgan fingerprint density at radius 2 is 0.529 bits per heavy atom. The molecule has 2 amide bonds. The molecule has 4 aromatic heterocycles. The molecule has 10 heteroatoms. The third kappa shape index (κ3) is 23.5. The fourth-order valence-electron chi connectivity index (χ4n) is 15.5. The largest absolute Gasteiger partial charge is 0.304 e. The summed E-state index contributed by atoms with van der Waals surface area (Å²) in [6.07, 6.45) is 54.7. The van der Waals surface area contributed by atoms with Gasteiger partial charge in [0, 0.05) is 45.0 Å². The van der Waals surface area contributed by atoms with Crippen LogP contribution in [0.2, 0.25) is 0 Å². The fourth-order valence-corrected chi connectivity index (χ4v) is 19.6. The average Bonchev–Trinajstić information content (AvgIpc) is 1.55. The molecule has 546 valence electrons. The topological polar surface area (TPSA) is 66.4 Å². The SMILES string of the molecule is CCCCCCCCCCCCC(CCCCCCCCCC)CN1C(=O)C2=C(c3ncc(-c4ccc(-c5ccc(-c6ccccc6)cc5)s4)s3)N(CC(CCCCCCCCCC)CCCCCCCCCCCC)C(=O)C2=C1c1ncc(-c2ccc(-c3ccc(-c4ccccc4)cc3)s2)s1. The van der Waals surface area contributed by atoms with Crippen molar-refractivity contribution in [1.29, 1.82) is 0 Å². The summed E-state index contributed by atoms with van der Waals surface area (Å²) in [6.45, 7) is 10.4. The number of rotatable bonds is 52. The molecule has 10 rings (SSSR count). The third-order valence-electron chi connectivity index (χ3n) is 21.6. The van der Waals surface area contributed by atoms with E-state index in [-0.39, 0.29) is 11.8 Å². The van der Waals surface area contributed by atoms with Crippen LogP contribution in [0.5, 0.6) is 0 Å². The Balaban J connectivity index is 1.000. The molecule has 6 heterocycles. The number of hydrogen-bond acceptors (Lipinski definition) is 8. The van der Waals surface area contributed by atoms with Crippen LogP contribution in [0.4, 0.5) is 0 Å². The zero-order chi connectivity index (χ0) is 70.8. The first-order valence-electron chi connectivity index (χ1n) is 40.9. The summed E-state index contributed by atoms with van der Waals surface area (Å²) in [5, 5.41) is 1.52. The lowest BCUT2D eigenvalue weighted by atomic mass is 9.93. The minimum Gasteiger partial charge on any atom is -0.304 e. The Hall–Kier alpha value is -6.04. The van der Waals surface area contributed by atoms with E-state index in [9.17, 15) is 0 Å². The van der Waals surface area contributed by atoms with E-state index in [1.54, 1.807) is 45.3 Å². The summed E-state index contributed by atoms with van der Waals surface area (Å²) in [5.74, 6) is 0.498. The molecule has 0 spiro atoms. The lowest BCUT2D eigenvalue weighted by Crippen LogP contribution is -2.35. The van der Waals surface area contributed by atoms with Crippen LogP contribution in [-0.4, -0.2) is 44.7 Å². The lowest BCUT2D eigenvalue weighted by Gasteiger charge is -2.29. The summed E-state index contributed by atoms with van der Waals surface area (Å²) >= 11 is 6.86. The normalized spacial score (nSPS) is 13.8. The van der Waals surface area contributed by atoms with Gasteiger partial charge in [-0.15, -0.1) is 45.3 Å². The van der Waals surface area contributed by atoms with Crippen LogP contribution in [0, 0.1) is 11.8 Å². The van der Waals surface area contributed by atoms with Crippen molar-refractivity contribution in [3.8, 4) is 62.6 Å². The Bertz CT molecular complexity index is 3510. The Morgan fingerprint density at radius 1 is 0.275 bits per heavy atom. The average molecular weight is 1440 g/mol. The van der Waals surface area contributed by atoms with Crippen molar-refractivity contribution in [2.75, 3.05) is 13.1 Å². The first-order chi connectivity index (χ1) is 50.3. The number of nitrogens with zero attached hydrogens (tertiary/aromatic N) is 4. The predicted molar refractivity (Wildman–Crippen MR) is 444 cm³/mol. The van der Waals surface area contributed by atoms with E-state index in [0.29, 0.717) is 36.1 Å². The van der Waals surface area contributed by atoms with Crippen molar-refractivity contribution >= 4 is 68.6 Å². The quantitative estimate of drug-likeness (QED) is 0.0356. The summed E-state index contributed by atoms with van der Waals surface area (Å²) in [6, 6.07) is 48.0. The van der Waals surface area contributed by atoms with Gasteiger partial charge in [0.05, 0.1) is 32.3 Å². The molecule has 2 atom stereocenters. The van der Waals surface area contributed by atoms with Gasteiger partial charge < -0.3 is 9.80 Å². The summed E-state index contributed by atoms with van der Waals surface area (Å²) < 4.78 is 0. The smallest absolute Gasteiger partial charge is 0.261 e. The van der Waals surface area contributed by atoms with Crippen LogP contribution in [-0.2, 0) is 9.59 Å². The van der Waals surface area contributed by atoms with E-state index in [1.807, 2.05) is 12.4 Å². The highest BCUT2D eigenvalue weighted by atomic mass is 32.1. The predicted octanol–water partition coefficient (Wildman–Crippen LogP) is 29.4. The second kappa shape index (κ2) is 44.0. The van der Waals surface area contributed by atoms with E-state index in [4.69, 9.17) is 9.97 Å². The van der Waals surface area contributed by atoms with Gasteiger partial charge in [-0.2, -0.15) is 0 Å². The first kappa shape index (κ1) is 78.5. The van der Waals surface area contributed by atoms with Gasteiger partial charge in [0.2, 0.25) is 0 Å². The zero-order valence-corrected chi connectivity index (χ0v) is 66.2. The molecular formula is C92H122N4O2S4. The number of unbranched alkanes of at least 4 members (excludes halogenated alkanes) is 32. The van der Waals surface area contributed by atoms with Gasteiger partial charge in [-0.3, -0.25) is 9.59 Å². The molecule has 102 heavy (non-hydrogen) atoms. The number of benzene rings is 4. The Labute approximate surface area is 632 Å². The van der Waals surface area contributed by atoms with Crippen LogP contribution >= 0.6 is 45.3 Å². The van der Waals surface area contributed by atoms with E-state index in [1.165, 1.54) is 249 Å². The van der Waals surface area contributed by atoms with Crippen molar-refractivity contribution in [2.45, 2.75) is 285 Å². The molecule has 6 nitrogen and oxygen atoms in total. The van der Waals surface area contributed by atoms with Crippen molar-refractivity contribution in [1.82, 2.24) is 19.8 Å². The molecule has 0 aliphatic carbocycles. The second-order valence-corrected chi connectivity index (χ2v) is 34.0. The number of fused-ring (bicyclic) bond motifs is 1. The van der Waals surface area contributed by atoms with E-state index < -0.39 is 0 Å². The van der Waals surface area contributed by atoms with Crippen LogP contribution in [0.25, 0.3) is 74.0 Å². The first-order valence-corrected chi connectivity index (χ1v) is 44.2. The Kier molecular flexibility index (Phi) is 33.9. The molecule has 2 aliphatic rings. The van der Waals surface area contributed by atoms with Crippen LogP contribution in [0.1, 0.15) is 295 Å². The van der Waals surface area contributed by atoms with E-state index in [0.717, 1.165) is 92.3 Å². The van der Waals surface area contributed by atoms with Gasteiger partial charge in [0.25, 0.3) is 11.8 Å². The van der Waals surface area contributed by atoms with Crippen LogP contribution in [0.3, 0.4) is 0 Å². The standard InChI is InChI=1S/C92H122N4O2S4/c1-5-9-13-17-21-25-27-31-35-41-49-71(47-39-33-29-23-19-15-11-7-3)69-95-87(89-93-67-83(101-89)81-65-63-79(99-81)77-59-55-75(56-60-77)73-51-43-37-44-52-73)85-86(91(95)97)88(90-94-68-84(102-90)82-66-64-80(100-82)78-61-57-76(58-62-78)74-53-45-38-46-54-74)96(92(85)98)70-72(48-40-34-30-24-20-16-12-8-4)50-42-36-32-28-26-22-18-14-10-6-2/h37-38,43-46,51-68,71-72H,5-36,39-42,47-50,69-70H2,1-4H3. The molecule has 2 unspecified atom stereocenters. The van der Waals surface area contributed by atoms with Gasteiger partial charge in [-0.1, -0.05) is 368 Å². The number of thiazole rings is 2. The van der Waals surface area contributed by atoms with Gasteiger partial charge in [0.1, 0.15) is 10.0 Å². The van der Waals surface area contributed by atoms with Crippen LogP contribution < -0.4 is 0 Å². The molecule has 0 saturated carbocycles. The van der Waals surface area contributed by atoms with Crippen molar-refractivity contribution in [3.05, 3.63) is 167 Å². The second-order valence-electron chi connectivity index (χ2n) is 29.8. The van der Waals surface area contributed by atoms with E-state index >= 15 is 9.59 Å². The number of aromatic nitrogens is 2. The molecule has 0 N–H and O–H groups in total. The van der Waals surface area contributed by atoms with E-state index in [2.05, 4.69) is 171 Å². The highest BCUT2D eigenvalue weighted by Crippen LogP contribution is 2.51. The molecule has 0 fully saturated rings. The van der Waals surface area contributed by atoms with Crippen molar-refractivity contribution in [2.24, 2.45) is 11.8 Å². The molecule has 0 saturated heterocycles. The molecular weight excluding hydrogens is 1320 g/mol. The van der Waals surface area contributed by atoms with Gasteiger partial charge in [-0.25, -0.2) is 9.97 Å². The molecule has 4 aromatic carbocycles. The maximum atomic E-state index is 16.5. The molecule has 8 aromatic rings. The maximum absolute atomic E-state index is 16.5. The number of hydrogen-bond donors (Lipinski definition) is 0. The highest BCUT2D eigenvalue weighted by Gasteiger charge is 2.51. The Morgan fingerprint density at radius 3 is 0.824 bits per heavy atom. The number of amides is 2. The minimum absolute atomic E-state index is 0.0487. The lowest BCUT2D eigenvalue weighted by molar-refractivity contribution is -0.124. The maximum Gasteiger partial charge on any atom is 0.261 e. The summed E-state index contributed by atoms with van der Waals surface area (Å²) in [5.41, 5.74) is 9.74. The zero-order valence-electron chi connectivity index (χ0n) is 62.9. The highest BCUT2D eigenvalue weighted by molar-refractivity contribution is 7.24. The van der Waals surface area contributed by atoms with Gasteiger partial charge in [0.15, 0.2) is 0 Å². The molecule has 0 bridgehead atoms. The van der Waals surface area contributed by atoms with Crippen molar-refractivity contribution in [3.63, 3.8) is 0 Å². The molecule has 2 aliphatic heterocycles. The summed E-state index contributed by atoms with van der Waals surface area (Å²) in [7, 11) is 0. The number of carbonyl (C=O) groups is 2. The van der Waals surface area contributed by atoms with Crippen molar-refractivity contribution < 1.29 is 9.59 Å². The number of carbonyl (C=O) groups excluding carboxylic acids is 2. The van der Waals surface area contributed by atoms with Crippen LogP contribution in [0.15, 0.2) is 157 Å². The van der Waals surface area contributed by atoms with Gasteiger partial charge in [-0.05, 0) is 95.2 Å². The monoisotopic (exact) mass is 1440 g/mol. The third-order valence-corrected chi connectivity index (χ3v) is 26.3. The minimum atomic E-state index is -0.0487. The van der Waals surface area contributed by atoms with Gasteiger partial charge >= 0.3 is 0 Å². The summed E-state index contributed by atoms with van der Waals surface area (Å²) in [4.78, 5) is 54.7. The fraction of sp³-hybridized carbons (Fsp3) is 0.522.